The number of hydrogen-bond donors (Lipinski definition) is 2. The molecule has 98 valence electrons. The van der Waals surface area contributed by atoms with Crippen molar-refractivity contribution in [2.75, 3.05) is 13.1 Å². The number of amidine groups is 1. The predicted octanol–water partition coefficient (Wildman–Crippen LogP) is 1.87. The Kier molecular flexibility index (Phi) is 3.87. The molecule has 0 saturated carbocycles. The summed E-state index contributed by atoms with van der Waals surface area (Å²) in [5.74, 6) is 1.72. The van der Waals surface area contributed by atoms with Crippen molar-refractivity contribution in [2.24, 2.45) is 22.7 Å². The Morgan fingerprint density at radius 3 is 2.33 bits per heavy atom. The van der Waals surface area contributed by atoms with Crippen LogP contribution in [0.4, 0.5) is 0 Å². The SMILES string of the molecule is CC1CN(Cc2ccc(C(N)=NO)cc2)CC1C. The molecule has 1 fully saturated rings. The molecule has 2 rings (SSSR count). The largest absolute Gasteiger partial charge is 0.409 e. The van der Waals surface area contributed by atoms with Crippen molar-refractivity contribution < 1.29 is 5.21 Å². The lowest BCUT2D eigenvalue weighted by molar-refractivity contribution is 0.316. The fraction of sp³-hybridized carbons (Fsp3) is 0.500. The van der Waals surface area contributed by atoms with Gasteiger partial charge in [0.2, 0.25) is 0 Å². The van der Waals surface area contributed by atoms with E-state index in [2.05, 4.69) is 23.9 Å². The molecule has 2 atom stereocenters. The van der Waals surface area contributed by atoms with Gasteiger partial charge in [-0.05, 0) is 17.4 Å². The molecule has 0 aliphatic carbocycles. The summed E-state index contributed by atoms with van der Waals surface area (Å²) in [5, 5.41) is 11.6. The van der Waals surface area contributed by atoms with Crippen molar-refractivity contribution >= 4 is 5.84 Å². The van der Waals surface area contributed by atoms with Crippen LogP contribution in [0.5, 0.6) is 0 Å². The van der Waals surface area contributed by atoms with Crippen molar-refractivity contribution in [1.29, 1.82) is 0 Å². The van der Waals surface area contributed by atoms with Crippen LogP contribution in [0, 0.1) is 11.8 Å². The van der Waals surface area contributed by atoms with Gasteiger partial charge in [-0.1, -0.05) is 43.3 Å². The molecule has 4 heteroatoms. The van der Waals surface area contributed by atoms with Gasteiger partial charge in [0.25, 0.3) is 0 Å². The first kappa shape index (κ1) is 12.9. The summed E-state index contributed by atoms with van der Waals surface area (Å²) in [7, 11) is 0. The highest BCUT2D eigenvalue weighted by molar-refractivity contribution is 5.96. The molecule has 0 radical (unpaired) electrons. The standard InChI is InChI=1S/C14H21N3O/c1-10-7-17(8-11(10)2)9-12-3-5-13(6-4-12)14(15)16-18/h3-6,10-11,18H,7-9H2,1-2H3,(H2,15,16). The van der Waals surface area contributed by atoms with Crippen molar-refractivity contribution in [1.82, 2.24) is 4.90 Å². The summed E-state index contributed by atoms with van der Waals surface area (Å²) >= 11 is 0. The maximum atomic E-state index is 8.60. The third kappa shape index (κ3) is 2.82. The van der Waals surface area contributed by atoms with E-state index in [-0.39, 0.29) is 5.84 Å². The first-order valence-electron chi connectivity index (χ1n) is 6.39. The van der Waals surface area contributed by atoms with E-state index in [1.165, 1.54) is 18.7 Å². The molecule has 4 nitrogen and oxygen atoms in total. The predicted molar refractivity (Wildman–Crippen MR) is 72.6 cm³/mol. The Hall–Kier alpha value is -1.55. The van der Waals surface area contributed by atoms with Crippen LogP contribution in [0.15, 0.2) is 29.4 Å². The van der Waals surface area contributed by atoms with E-state index in [4.69, 9.17) is 10.9 Å². The fourth-order valence-corrected chi connectivity index (χ4v) is 2.47. The fourth-order valence-electron chi connectivity index (χ4n) is 2.47. The van der Waals surface area contributed by atoms with E-state index in [1.54, 1.807) is 0 Å². The van der Waals surface area contributed by atoms with Crippen LogP contribution in [0.1, 0.15) is 25.0 Å². The highest BCUT2D eigenvalue weighted by Gasteiger charge is 2.25. The Balaban J connectivity index is 1.99. The van der Waals surface area contributed by atoms with Gasteiger partial charge >= 0.3 is 0 Å². The molecule has 1 aromatic rings. The Morgan fingerprint density at radius 2 is 1.83 bits per heavy atom. The van der Waals surface area contributed by atoms with Crippen LogP contribution in [0.25, 0.3) is 0 Å². The van der Waals surface area contributed by atoms with Crippen LogP contribution in [0.3, 0.4) is 0 Å². The summed E-state index contributed by atoms with van der Waals surface area (Å²) < 4.78 is 0. The minimum absolute atomic E-state index is 0.157. The molecule has 0 amide bonds. The molecule has 0 aromatic heterocycles. The third-order valence-corrected chi connectivity index (χ3v) is 3.83. The lowest BCUT2D eigenvalue weighted by atomic mass is 10.0. The van der Waals surface area contributed by atoms with Crippen LogP contribution in [-0.2, 0) is 6.54 Å². The molecule has 3 N–H and O–H groups in total. The van der Waals surface area contributed by atoms with Crippen LogP contribution >= 0.6 is 0 Å². The first-order valence-corrected chi connectivity index (χ1v) is 6.39. The first-order chi connectivity index (χ1) is 8.60. The smallest absolute Gasteiger partial charge is 0.170 e. The molecule has 1 heterocycles. The van der Waals surface area contributed by atoms with Gasteiger partial charge in [0.05, 0.1) is 0 Å². The van der Waals surface area contributed by atoms with E-state index in [1.807, 2.05) is 24.3 Å². The van der Waals surface area contributed by atoms with Crippen LogP contribution < -0.4 is 5.73 Å². The zero-order chi connectivity index (χ0) is 13.1. The number of rotatable bonds is 3. The van der Waals surface area contributed by atoms with Crippen molar-refractivity contribution in [3.63, 3.8) is 0 Å². The van der Waals surface area contributed by atoms with Gasteiger partial charge in [-0.3, -0.25) is 4.90 Å². The average Bonchev–Trinajstić information content (AvgIpc) is 2.68. The van der Waals surface area contributed by atoms with E-state index in [9.17, 15) is 0 Å². The van der Waals surface area contributed by atoms with E-state index < -0.39 is 0 Å². The minimum Gasteiger partial charge on any atom is -0.409 e. The monoisotopic (exact) mass is 247 g/mol. The zero-order valence-electron chi connectivity index (χ0n) is 11.0. The summed E-state index contributed by atoms with van der Waals surface area (Å²) in [5.41, 5.74) is 7.56. The van der Waals surface area contributed by atoms with E-state index in [0.717, 1.165) is 23.9 Å². The highest BCUT2D eigenvalue weighted by atomic mass is 16.4. The summed E-state index contributed by atoms with van der Waals surface area (Å²) in [6, 6.07) is 7.88. The van der Waals surface area contributed by atoms with E-state index >= 15 is 0 Å². The molecule has 1 aliphatic heterocycles. The van der Waals surface area contributed by atoms with Crippen LogP contribution in [-0.4, -0.2) is 29.0 Å². The molecule has 1 aliphatic rings. The van der Waals surface area contributed by atoms with Crippen molar-refractivity contribution in [3.8, 4) is 0 Å². The topological polar surface area (TPSA) is 61.8 Å². The molecule has 0 spiro atoms. The number of benzene rings is 1. The molecule has 1 aromatic carbocycles. The molecule has 0 bridgehead atoms. The Morgan fingerprint density at radius 1 is 1.28 bits per heavy atom. The minimum atomic E-state index is 0.157. The average molecular weight is 247 g/mol. The van der Waals surface area contributed by atoms with Crippen molar-refractivity contribution in [2.45, 2.75) is 20.4 Å². The van der Waals surface area contributed by atoms with Gasteiger partial charge in [0.15, 0.2) is 5.84 Å². The van der Waals surface area contributed by atoms with E-state index in [0.29, 0.717) is 0 Å². The second-order valence-electron chi connectivity index (χ2n) is 5.33. The maximum absolute atomic E-state index is 8.60. The molecular weight excluding hydrogens is 226 g/mol. The second kappa shape index (κ2) is 5.40. The number of oxime groups is 1. The molecular formula is C14H21N3O. The quantitative estimate of drug-likeness (QED) is 0.371. The second-order valence-corrected chi connectivity index (χ2v) is 5.33. The highest BCUT2D eigenvalue weighted by Crippen LogP contribution is 2.23. The zero-order valence-corrected chi connectivity index (χ0v) is 11.0. The number of likely N-dealkylation sites (tertiary alicyclic amines) is 1. The Labute approximate surface area is 108 Å². The van der Waals surface area contributed by atoms with Gasteiger partial charge < -0.3 is 10.9 Å². The van der Waals surface area contributed by atoms with Gasteiger partial charge in [-0.15, -0.1) is 0 Å². The van der Waals surface area contributed by atoms with Gasteiger partial charge in [-0.25, -0.2) is 0 Å². The Bertz CT molecular complexity index is 417. The number of nitrogens with zero attached hydrogens (tertiary/aromatic N) is 2. The van der Waals surface area contributed by atoms with Gasteiger partial charge in [0.1, 0.15) is 0 Å². The summed E-state index contributed by atoms with van der Waals surface area (Å²) in [6.45, 7) is 7.94. The molecule has 2 unspecified atom stereocenters. The van der Waals surface area contributed by atoms with Gasteiger partial charge in [0, 0.05) is 25.2 Å². The number of nitrogens with two attached hydrogens (primary N) is 1. The summed E-state index contributed by atoms with van der Waals surface area (Å²) in [4.78, 5) is 2.48. The molecule has 1 saturated heterocycles. The van der Waals surface area contributed by atoms with Crippen LogP contribution in [0.2, 0.25) is 0 Å². The lowest BCUT2D eigenvalue weighted by Gasteiger charge is -2.15. The van der Waals surface area contributed by atoms with Crippen molar-refractivity contribution in [3.05, 3.63) is 35.4 Å². The van der Waals surface area contributed by atoms with Gasteiger partial charge in [-0.2, -0.15) is 0 Å². The maximum Gasteiger partial charge on any atom is 0.170 e. The normalized spacial score (nSPS) is 25.6. The molecule has 18 heavy (non-hydrogen) atoms. The third-order valence-electron chi connectivity index (χ3n) is 3.83. The summed E-state index contributed by atoms with van der Waals surface area (Å²) in [6.07, 6.45) is 0. The lowest BCUT2D eigenvalue weighted by Crippen LogP contribution is -2.20. The number of hydrogen-bond acceptors (Lipinski definition) is 3.